The highest BCUT2D eigenvalue weighted by Gasteiger charge is 2.34. The van der Waals surface area contributed by atoms with Gasteiger partial charge in [-0.2, -0.15) is 5.10 Å². The van der Waals surface area contributed by atoms with Crippen LogP contribution in [0.1, 0.15) is 80.6 Å². The minimum atomic E-state index is -0.421. The highest BCUT2D eigenvalue weighted by atomic mass is 16.5. The van der Waals surface area contributed by atoms with Crippen LogP contribution in [0.25, 0.3) is 5.69 Å². The Balaban J connectivity index is 1.44. The predicted octanol–water partition coefficient (Wildman–Crippen LogP) is 7.89. The molecule has 1 atom stereocenters. The zero-order valence-electron chi connectivity index (χ0n) is 28.4. The van der Waals surface area contributed by atoms with Crippen molar-refractivity contribution < 1.29 is 19.1 Å². The van der Waals surface area contributed by atoms with E-state index >= 15 is 0 Å². The lowest BCUT2D eigenvalue weighted by Crippen LogP contribution is -2.34. The van der Waals surface area contributed by atoms with Gasteiger partial charge in [-0.3, -0.25) is 10.1 Å². The first-order chi connectivity index (χ1) is 22.6. The molecule has 4 aromatic rings. The van der Waals surface area contributed by atoms with E-state index in [1.165, 1.54) is 0 Å². The van der Waals surface area contributed by atoms with Crippen LogP contribution in [0, 0.1) is 12.8 Å². The predicted molar refractivity (Wildman–Crippen MR) is 188 cm³/mol. The zero-order chi connectivity index (χ0) is 33.6. The minimum absolute atomic E-state index is 0.0137. The number of nitrogens with zero attached hydrogens (tertiary/aromatic N) is 2. The van der Waals surface area contributed by atoms with Gasteiger partial charge in [-0.25, -0.2) is 9.48 Å². The smallest absolute Gasteiger partial charge is 0.324 e. The number of aromatic nitrogens is 2. The van der Waals surface area contributed by atoms with Gasteiger partial charge >= 0.3 is 6.03 Å². The van der Waals surface area contributed by atoms with Crippen molar-refractivity contribution in [3.05, 3.63) is 95.2 Å². The van der Waals surface area contributed by atoms with E-state index in [1.54, 1.807) is 4.68 Å². The van der Waals surface area contributed by atoms with Crippen LogP contribution in [-0.2, 0) is 5.41 Å². The second-order valence-corrected chi connectivity index (χ2v) is 13.0. The first-order valence-corrected chi connectivity index (χ1v) is 16.6. The van der Waals surface area contributed by atoms with Gasteiger partial charge in [0.25, 0.3) is 0 Å². The summed E-state index contributed by atoms with van der Waals surface area (Å²) in [6.45, 7) is 14.7. The number of amides is 2. The molecule has 0 spiro atoms. The van der Waals surface area contributed by atoms with E-state index < -0.39 is 11.9 Å². The molecule has 9 heteroatoms. The van der Waals surface area contributed by atoms with E-state index in [-0.39, 0.29) is 17.1 Å². The van der Waals surface area contributed by atoms with Crippen molar-refractivity contribution in [1.82, 2.24) is 15.1 Å². The number of benzene rings is 3. The number of para-hydroxylation sites is 1. The largest absolute Gasteiger partial charge is 0.490 e. The number of aryl methyl sites for hydroxylation is 1. The van der Waals surface area contributed by atoms with Crippen molar-refractivity contribution in [1.29, 1.82) is 0 Å². The summed E-state index contributed by atoms with van der Waals surface area (Å²) < 4.78 is 13.6. The van der Waals surface area contributed by atoms with Crippen LogP contribution in [-0.4, -0.2) is 47.9 Å². The Labute approximate surface area is 278 Å². The number of hydrogen-bond donors (Lipinski definition) is 3. The number of hydrogen-bond acceptors (Lipinski definition) is 6. The van der Waals surface area contributed by atoms with E-state index in [4.69, 9.17) is 14.6 Å². The number of urea groups is 1. The van der Waals surface area contributed by atoms with Crippen molar-refractivity contribution >= 4 is 23.3 Å². The van der Waals surface area contributed by atoms with Gasteiger partial charge in [0.05, 0.1) is 36.1 Å². The molecular formula is C38H47N5O4. The van der Waals surface area contributed by atoms with Gasteiger partial charge in [-0.05, 0) is 94.6 Å². The molecule has 0 aliphatic carbocycles. The van der Waals surface area contributed by atoms with Crippen molar-refractivity contribution in [2.45, 2.75) is 65.7 Å². The third kappa shape index (κ3) is 8.03. The highest BCUT2D eigenvalue weighted by Crippen LogP contribution is 2.40. The molecule has 1 aliphatic rings. The van der Waals surface area contributed by atoms with Gasteiger partial charge < -0.3 is 20.1 Å². The third-order valence-electron chi connectivity index (χ3n) is 8.47. The molecule has 2 heterocycles. The number of rotatable bonds is 11. The Bertz CT molecular complexity index is 1680. The van der Waals surface area contributed by atoms with Crippen LogP contribution in [0.4, 0.5) is 16.3 Å². The standard InChI is InChI=1S/C38H47N5O4/c1-7-46-31-14-10-13-30(36(31)47-8-2)35(44)34(26-19-21-39-22-20-26)27-11-9-12-28(23-27)40-37(45)41-33-24-32(38(4,5)6)42-43(33)29-17-15-25(3)16-18-29/h9-18,23-24,26,34,39H,7-8,19-22H2,1-6H3,(H2,40,41,45). The summed E-state index contributed by atoms with van der Waals surface area (Å²) in [6, 6.07) is 22.6. The number of anilines is 2. The lowest BCUT2D eigenvalue weighted by Gasteiger charge is -2.31. The van der Waals surface area contributed by atoms with E-state index in [9.17, 15) is 9.59 Å². The Hall–Kier alpha value is -4.63. The average Bonchev–Trinajstić information content (AvgIpc) is 3.47. The Kier molecular flexibility index (Phi) is 10.7. The SMILES string of the molecule is CCOc1cccc(C(=O)C(c2cccc(NC(=O)Nc3cc(C(C)(C)C)nn3-c3ccc(C)cc3)c2)C2CCNCC2)c1OCC. The maximum Gasteiger partial charge on any atom is 0.324 e. The minimum Gasteiger partial charge on any atom is -0.490 e. The van der Waals surface area contributed by atoms with Gasteiger partial charge in [-0.1, -0.05) is 56.7 Å². The maximum absolute atomic E-state index is 14.5. The number of ketones is 1. The highest BCUT2D eigenvalue weighted by molar-refractivity contribution is 6.04. The van der Waals surface area contributed by atoms with Crippen LogP contribution in [0.15, 0.2) is 72.8 Å². The van der Waals surface area contributed by atoms with Gasteiger partial charge in [0, 0.05) is 17.2 Å². The fourth-order valence-electron chi connectivity index (χ4n) is 6.06. The molecule has 1 aromatic heterocycles. The molecule has 0 saturated carbocycles. The number of carbonyl (C=O) groups excluding carboxylic acids is 2. The fourth-order valence-corrected chi connectivity index (χ4v) is 6.06. The molecule has 3 aromatic carbocycles. The van der Waals surface area contributed by atoms with Crippen molar-refractivity contribution in [3.63, 3.8) is 0 Å². The first kappa shape index (κ1) is 33.7. The van der Waals surface area contributed by atoms with E-state index in [0.29, 0.717) is 41.8 Å². The molecule has 3 N–H and O–H groups in total. The second-order valence-electron chi connectivity index (χ2n) is 13.0. The van der Waals surface area contributed by atoms with Gasteiger partial charge in [0.2, 0.25) is 0 Å². The average molecular weight is 638 g/mol. The van der Waals surface area contributed by atoms with Crippen LogP contribution in [0.3, 0.4) is 0 Å². The molecule has 47 heavy (non-hydrogen) atoms. The van der Waals surface area contributed by atoms with Gasteiger partial charge in [-0.15, -0.1) is 0 Å². The normalized spacial score (nSPS) is 14.3. The summed E-state index contributed by atoms with van der Waals surface area (Å²) in [5.74, 6) is 1.30. The van der Waals surface area contributed by atoms with Crippen LogP contribution in [0.2, 0.25) is 0 Å². The molecule has 248 valence electrons. The Morgan fingerprint density at radius 2 is 1.64 bits per heavy atom. The molecule has 9 nitrogen and oxygen atoms in total. The Morgan fingerprint density at radius 3 is 2.32 bits per heavy atom. The summed E-state index contributed by atoms with van der Waals surface area (Å²) in [7, 11) is 0. The number of piperidine rings is 1. The maximum atomic E-state index is 14.5. The van der Waals surface area contributed by atoms with E-state index in [2.05, 4.69) is 36.7 Å². The first-order valence-electron chi connectivity index (χ1n) is 16.6. The number of ether oxygens (including phenoxy) is 2. The van der Waals surface area contributed by atoms with E-state index in [1.807, 2.05) is 93.6 Å². The van der Waals surface area contributed by atoms with Crippen molar-refractivity contribution in [2.24, 2.45) is 5.92 Å². The fraction of sp³-hybridized carbons (Fsp3) is 0.395. The molecule has 0 bridgehead atoms. The molecule has 2 amide bonds. The molecule has 1 saturated heterocycles. The molecular weight excluding hydrogens is 590 g/mol. The Morgan fingerprint density at radius 1 is 0.936 bits per heavy atom. The van der Waals surface area contributed by atoms with Gasteiger partial charge in [0.15, 0.2) is 17.3 Å². The van der Waals surface area contributed by atoms with Crippen LogP contribution >= 0.6 is 0 Å². The summed E-state index contributed by atoms with van der Waals surface area (Å²) in [6.07, 6.45) is 1.73. The van der Waals surface area contributed by atoms with Crippen LogP contribution in [0.5, 0.6) is 11.5 Å². The molecule has 5 rings (SSSR count). The molecule has 1 aliphatic heterocycles. The number of Topliss-reactive ketones (excluding diaryl/α,β-unsaturated/α-hetero) is 1. The lowest BCUT2D eigenvalue weighted by molar-refractivity contribution is 0.0911. The second kappa shape index (κ2) is 14.9. The third-order valence-corrected chi connectivity index (χ3v) is 8.47. The molecule has 1 unspecified atom stereocenters. The lowest BCUT2D eigenvalue weighted by atomic mass is 9.76. The summed E-state index contributed by atoms with van der Waals surface area (Å²) >= 11 is 0. The summed E-state index contributed by atoms with van der Waals surface area (Å²) in [4.78, 5) is 27.9. The van der Waals surface area contributed by atoms with E-state index in [0.717, 1.165) is 48.4 Å². The molecule has 1 fully saturated rings. The zero-order valence-corrected chi connectivity index (χ0v) is 28.4. The topological polar surface area (TPSA) is 107 Å². The molecule has 0 radical (unpaired) electrons. The van der Waals surface area contributed by atoms with Crippen LogP contribution < -0.4 is 25.4 Å². The monoisotopic (exact) mass is 637 g/mol. The quantitative estimate of drug-likeness (QED) is 0.145. The van der Waals surface area contributed by atoms with Crippen molar-refractivity contribution in [3.8, 4) is 17.2 Å². The summed E-state index contributed by atoms with van der Waals surface area (Å²) in [5.41, 5.74) is 4.60. The van der Waals surface area contributed by atoms with Crippen molar-refractivity contribution in [2.75, 3.05) is 36.9 Å². The van der Waals surface area contributed by atoms with Gasteiger partial charge in [0.1, 0.15) is 5.82 Å². The number of nitrogens with one attached hydrogen (secondary N) is 3. The number of carbonyl (C=O) groups is 2. The summed E-state index contributed by atoms with van der Waals surface area (Å²) in [5, 5.41) is 14.3.